The normalized spacial score (nSPS) is 23.0. The Hall–Kier alpha value is -2.66. The average Bonchev–Trinajstić information content (AvgIpc) is 3.30. The number of nitrogens with zero attached hydrogens (tertiary/aromatic N) is 2. The standard InChI is InChI=1S/C35H51F2N2O8P/c1-3-4-5-6-7-8-9-10-11-12-13-14-15-16-17-22-31(40)46-32-30(26-44-48(42)43-25-28-20-18-19-21-29(28)47-48)45-33(35(32,36)37)39-24-23-27(2)38-34(39)41/h18-21,23-24,30,32-33H,3-17,22,25-26H2,1-2H3/t30-,32-,33-,48?/m1/s1. The summed E-state index contributed by atoms with van der Waals surface area (Å²) in [5, 5.41) is 0. The van der Waals surface area contributed by atoms with Gasteiger partial charge in [-0.3, -0.25) is 18.4 Å². The van der Waals surface area contributed by atoms with E-state index in [9.17, 15) is 14.2 Å². The number of aryl methyl sites for hydroxylation is 1. The Kier molecular flexibility index (Phi) is 15.0. The van der Waals surface area contributed by atoms with E-state index in [0.717, 1.165) is 31.9 Å². The minimum atomic E-state index is -4.20. The van der Waals surface area contributed by atoms with Gasteiger partial charge in [-0.05, 0) is 25.5 Å². The maximum Gasteiger partial charge on any atom is 0.530 e. The van der Waals surface area contributed by atoms with Gasteiger partial charge in [-0.2, -0.15) is 13.8 Å². The van der Waals surface area contributed by atoms with Gasteiger partial charge in [0, 0.05) is 23.9 Å². The van der Waals surface area contributed by atoms with Crippen molar-refractivity contribution < 1.29 is 41.2 Å². The first kappa shape index (κ1) is 38.1. The molecular formula is C35H51F2N2O8P. The molecule has 0 aliphatic carbocycles. The highest BCUT2D eigenvalue weighted by atomic mass is 31.2. The summed E-state index contributed by atoms with van der Waals surface area (Å²) >= 11 is 0. The zero-order chi connectivity index (χ0) is 34.4. The molecule has 0 radical (unpaired) electrons. The number of carbonyl (C=O) groups is 1. The highest BCUT2D eigenvalue weighted by molar-refractivity contribution is 7.49. The molecule has 0 amide bonds. The maximum absolute atomic E-state index is 15.9. The third-order valence-electron chi connectivity index (χ3n) is 8.77. The minimum Gasteiger partial charge on any atom is -0.453 e. The largest absolute Gasteiger partial charge is 0.530 e. The van der Waals surface area contributed by atoms with Crippen LogP contribution in [0.15, 0.2) is 41.3 Å². The molecule has 1 aromatic heterocycles. The number of phosphoric acid groups is 1. The molecule has 2 aliphatic heterocycles. The lowest BCUT2D eigenvalue weighted by atomic mass is 10.0. The van der Waals surface area contributed by atoms with E-state index in [1.165, 1.54) is 70.3 Å². The number of rotatable bonds is 21. The second kappa shape index (κ2) is 18.9. The van der Waals surface area contributed by atoms with Gasteiger partial charge in [0.05, 0.1) is 13.2 Å². The van der Waals surface area contributed by atoms with Crippen LogP contribution in [0, 0.1) is 6.92 Å². The molecule has 0 spiro atoms. The molecule has 0 saturated carbocycles. The molecule has 0 N–H and O–H groups in total. The predicted molar refractivity (Wildman–Crippen MR) is 177 cm³/mol. The molecule has 1 aromatic carbocycles. The fourth-order valence-electron chi connectivity index (χ4n) is 6.00. The Bertz CT molecular complexity index is 1410. The minimum absolute atomic E-state index is 0.0450. The summed E-state index contributed by atoms with van der Waals surface area (Å²) < 4.78 is 72.5. The molecule has 1 saturated heterocycles. The number of alkyl halides is 2. The van der Waals surface area contributed by atoms with Crippen LogP contribution in [-0.2, 0) is 34.5 Å². The summed E-state index contributed by atoms with van der Waals surface area (Å²) in [6.45, 7) is 3.01. The van der Waals surface area contributed by atoms with Gasteiger partial charge in [-0.1, -0.05) is 115 Å². The number of unbranched alkanes of at least 4 members (excludes halogenated alkanes) is 14. The molecule has 4 atom stereocenters. The summed E-state index contributed by atoms with van der Waals surface area (Å²) in [7, 11) is -4.20. The number of hydrogen-bond donors (Lipinski definition) is 0. The van der Waals surface area contributed by atoms with E-state index < -0.39 is 50.4 Å². The van der Waals surface area contributed by atoms with E-state index in [4.69, 9.17) is 23.0 Å². The monoisotopic (exact) mass is 696 g/mol. The van der Waals surface area contributed by atoms with Crippen LogP contribution in [-0.4, -0.2) is 40.3 Å². The molecule has 2 aromatic rings. The Labute approximate surface area is 282 Å². The molecule has 10 nitrogen and oxygen atoms in total. The zero-order valence-corrected chi connectivity index (χ0v) is 29.2. The Balaban J connectivity index is 1.23. The summed E-state index contributed by atoms with van der Waals surface area (Å²) in [6.07, 6.45) is 12.7. The molecule has 1 fully saturated rings. The van der Waals surface area contributed by atoms with Gasteiger partial charge in [-0.15, -0.1) is 0 Å². The van der Waals surface area contributed by atoms with Crippen molar-refractivity contribution in [3.63, 3.8) is 0 Å². The molecule has 48 heavy (non-hydrogen) atoms. The van der Waals surface area contributed by atoms with Crippen molar-refractivity contribution in [2.75, 3.05) is 6.61 Å². The molecule has 13 heteroatoms. The van der Waals surface area contributed by atoms with Crippen LogP contribution in [0.5, 0.6) is 5.75 Å². The van der Waals surface area contributed by atoms with Gasteiger partial charge in [0.2, 0.25) is 6.23 Å². The fraction of sp³-hybridized carbons (Fsp3) is 0.686. The summed E-state index contributed by atoms with van der Waals surface area (Å²) in [5.74, 6) is -4.37. The average molecular weight is 697 g/mol. The first-order chi connectivity index (χ1) is 23.1. The Morgan fingerprint density at radius 2 is 1.56 bits per heavy atom. The number of benzene rings is 1. The maximum atomic E-state index is 15.9. The van der Waals surface area contributed by atoms with Crippen LogP contribution < -0.4 is 10.2 Å². The molecule has 4 rings (SSSR count). The van der Waals surface area contributed by atoms with Crippen LogP contribution in [0.3, 0.4) is 0 Å². The Morgan fingerprint density at radius 1 is 0.958 bits per heavy atom. The molecule has 3 heterocycles. The number of fused-ring (bicyclic) bond motifs is 1. The summed E-state index contributed by atoms with van der Waals surface area (Å²) in [5.41, 5.74) is 0.0366. The fourth-order valence-corrected chi connectivity index (χ4v) is 7.23. The highest BCUT2D eigenvalue weighted by Crippen LogP contribution is 2.55. The van der Waals surface area contributed by atoms with Crippen LogP contribution in [0.25, 0.3) is 0 Å². The number of carbonyl (C=O) groups excluding carboxylic acids is 1. The van der Waals surface area contributed by atoms with E-state index in [1.807, 2.05) is 0 Å². The number of halogens is 2. The quantitative estimate of drug-likeness (QED) is 0.0716. The number of esters is 1. The smallest absolute Gasteiger partial charge is 0.453 e. The number of para-hydroxylation sites is 1. The highest BCUT2D eigenvalue weighted by Gasteiger charge is 2.63. The molecule has 2 aliphatic rings. The molecule has 0 bridgehead atoms. The van der Waals surface area contributed by atoms with Crippen LogP contribution >= 0.6 is 7.82 Å². The Morgan fingerprint density at radius 3 is 2.19 bits per heavy atom. The van der Waals surface area contributed by atoms with E-state index >= 15 is 8.78 Å². The van der Waals surface area contributed by atoms with Crippen molar-refractivity contribution in [1.82, 2.24) is 9.55 Å². The van der Waals surface area contributed by atoms with Crippen molar-refractivity contribution in [1.29, 1.82) is 0 Å². The van der Waals surface area contributed by atoms with E-state index in [1.54, 1.807) is 31.2 Å². The first-order valence-electron chi connectivity index (χ1n) is 17.6. The van der Waals surface area contributed by atoms with E-state index in [-0.39, 0.29) is 18.8 Å². The van der Waals surface area contributed by atoms with Crippen molar-refractivity contribution in [2.24, 2.45) is 0 Å². The summed E-state index contributed by atoms with van der Waals surface area (Å²) in [4.78, 5) is 29.0. The van der Waals surface area contributed by atoms with Gasteiger partial charge in [0.1, 0.15) is 11.9 Å². The first-order valence-corrected chi connectivity index (χ1v) is 19.0. The van der Waals surface area contributed by atoms with Crippen molar-refractivity contribution in [2.45, 2.75) is 148 Å². The third-order valence-corrected chi connectivity index (χ3v) is 10.1. The SMILES string of the molecule is CCCCCCCCCCCCCCCCCC(=O)O[C@@H]1[C@@H](COP2(=O)OCc3ccccc3O2)O[C@@H](n2ccc(C)nc2=O)C1(F)F. The van der Waals surface area contributed by atoms with Gasteiger partial charge < -0.3 is 14.0 Å². The second-order valence-electron chi connectivity index (χ2n) is 12.8. The van der Waals surface area contributed by atoms with Gasteiger partial charge in [0.15, 0.2) is 6.10 Å². The van der Waals surface area contributed by atoms with E-state index in [0.29, 0.717) is 22.2 Å². The zero-order valence-electron chi connectivity index (χ0n) is 28.3. The number of hydrogen-bond acceptors (Lipinski definition) is 9. The van der Waals surface area contributed by atoms with Gasteiger partial charge in [-0.25, -0.2) is 9.36 Å². The predicted octanol–water partition coefficient (Wildman–Crippen LogP) is 8.99. The van der Waals surface area contributed by atoms with Gasteiger partial charge in [0.25, 0.3) is 0 Å². The second-order valence-corrected chi connectivity index (χ2v) is 14.4. The van der Waals surface area contributed by atoms with E-state index in [2.05, 4.69) is 11.9 Å². The van der Waals surface area contributed by atoms with Crippen LogP contribution in [0.2, 0.25) is 0 Å². The summed E-state index contributed by atoms with van der Waals surface area (Å²) in [6, 6.07) is 8.15. The molecular weight excluding hydrogens is 645 g/mol. The molecule has 1 unspecified atom stereocenters. The number of aromatic nitrogens is 2. The molecule has 268 valence electrons. The lowest BCUT2D eigenvalue weighted by Gasteiger charge is -2.27. The van der Waals surface area contributed by atoms with Gasteiger partial charge >= 0.3 is 25.4 Å². The van der Waals surface area contributed by atoms with Crippen molar-refractivity contribution in [3.05, 3.63) is 58.3 Å². The number of phosphoric ester groups is 1. The lowest BCUT2D eigenvalue weighted by Crippen LogP contribution is -2.44. The third kappa shape index (κ3) is 11.2. The van der Waals surface area contributed by atoms with Crippen molar-refractivity contribution >= 4 is 13.8 Å². The topological polar surface area (TPSA) is 115 Å². The van der Waals surface area contributed by atoms with Crippen LogP contribution in [0.1, 0.15) is 127 Å². The van der Waals surface area contributed by atoms with Crippen molar-refractivity contribution in [3.8, 4) is 5.75 Å². The van der Waals surface area contributed by atoms with Crippen LogP contribution in [0.4, 0.5) is 8.78 Å². The number of ether oxygens (including phenoxy) is 2. The lowest BCUT2D eigenvalue weighted by molar-refractivity contribution is -0.176.